The maximum atomic E-state index is 12.2. The highest BCUT2D eigenvalue weighted by Gasteiger charge is 2.29. The third-order valence-corrected chi connectivity index (χ3v) is 3.95. The van der Waals surface area contributed by atoms with Crippen LogP contribution in [0.2, 0.25) is 0 Å². The van der Waals surface area contributed by atoms with Crippen LogP contribution < -0.4 is 4.90 Å². The van der Waals surface area contributed by atoms with Gasteiger partial charge in [-0.1, -0.05) is 6.07 Å². The van der Waals surface area contributed by atoms with Crippen LogP contribution in [0.4, 0.5) is 10.5 Å². The lowest BCUT2D eigenvalue weighted by Gasteiger charge is -2.24. The molecule has 1 fully saturated rings. The Balaban J connectivity index is 1.74. The van der Waals surface area contributed by atoms with Gasteiger partial charge in [-0.05, 0) is 50.5 Å². The summed E-state index contributed by atoms with van der Waals surface area (Å²) in [4.78, 5) is 27.5. The van der Waals surface area contributed by atoms with Crippen molar-refractivity contribution in [1.82, 2.24) is 4.90 Å². The molecule has 3 rings (SSSR count). The number of carbonyl (C=O) groups is 2. The second-order valence-corrected chi connectivity index (χ2v) is 6.94. The van der Waals surface area contributed by atoms with Crippen LogP contribution in [0.3, 0.4) is 0 Å². The summed E-state index contributed by atoms with van der Waals surface area (Å²) >= 11 is 0. The molecule has 2 aliphatic heterocycles. The first-order chi connectivity index (χ1) is 10.3. The third kappa shape index (κ3) is 2.93. The minimum Gasteiger partial charge on any atom is -0.444 e. The Morgan fingerprint density at radius 2 is 1.91 bits per heavy atom. The first-order valence-corrected chi connectivity index (χ1v) is 7.73. The predicted octanol–water partition coefficient (Wildman–Crippen LogP) is 3.06. The summed E-state index contributed by atoms with van der Waals surface area (Å²) in [6.07, 6.45) is 1.25. The molecule has 1 aromatic carbocycles. The summed E-state index contributed by atoms with van der Waals surface area (Å²) < 4.78 is 5.42. The summed E-state index contributed by atoms with van der Waals surface area (Å²) in [7, 11) is 0. The summed E-state index contributed by atoms with van der Waals surface area (Å²) in [6, 6.07) is 6.02. The Morgan fingerprint density at radius 1 is 1.18 bits per heavy atom. The van der Waals surface area contributed by atoms with Crippen LogP contribution in [0.5, 0.6) is 0 Å². The Labute approximate surface area is 130 Å². The van der Waals surface area contributed by atoms with E-state index in [2.05, 4.69) is 0 Å². The molecule has 0 saturated carbocycles. The average Bonchev–Trinajstić information content (AvgIpc) is 3.01. The van der Waals surface area contributed by atoms with E-state index in [9.17, 15) is 9.59 Å². The molecule has 0 bridgehead atoms. The van der Waals surface area contributed by atoms with Crippen LogP contribution in [-0.4, -0.2) is 29.0 Å². The van der Waals surface area contributed by atoms with Crippen LogP contribution >= 0.6 is 0 Å². The largest absolute Gasteiger partial charge is 0.444 e. The van der Waals surface area contributed by atoms with Crippen LogP contribution in [0.1, 0.15) is 44.7 Å². The number of rotatable bonds is 1. The van der Waals surface area contributed by atoms with Crippen molar-refractivity contribution in [1.29, 1.82) is 0 Å². The predicted molar refractivity (Wildman–Crippen MR) is 83.5 cm³/mol. The Bertz CT molecular complexity index is 619. The Hall–Kier alpha value is -2.04. The Morgan fingerprint density at radius 3 is 2.55 bits per heavy atom. The second-order valence-electron chi connectivity index (χ2n) is 6.94. The van der Waals surface area contributed by atoms with Gasteiger partial charge in [-0.2, -0.15) is 0 Å². The summed E-state index contributed by atoms with van der Waals surface area (Å²) in [5.74, 6) is 0.182. The van der Waals surface area contributed by atoms with Gasteiger partial charge >= 0.3 is 6.09 Å². The number of anilines is 1. The van der Waals surface area contributed by atoms with E-state index in [0.29, 0.717) is 19.5 Å². The van der Waals surface area contributed by atoms with Gasteiger partial charge in [-0.25, -0.2) is 4.79 Å². The molecule has 2 aliphatic rings. The second kappa shape index (κ2) is 5.30. The highest BCUT2D eigenvalue weighted by atomic mass is 16.6. The molecule has 2 amide bonds. The van der Waals surface area contributed by atoms with Crippen molar-refractivity contribution in [3.8, 4) is 0 Å². The van der Waals surface area contributed by atoms with E-state index >= 15 is 0 Å². The normalized spacial score (nSPS) is 17.9. The number of benzene rings is 1. The first-order valence-electron chi connectivity index (χ1n) is 7.73. The summed E-state index contributed by atoms with van der Waals surface area (Å²) in [5, 5.41) is 0. The fourth-order valence-corrected chi connectivity index (χ4v) is 2.93. The standard InChI is InChI=1S/C17H22N2O3/c1-17(2,3)22-16(21)18-10-12-6-7-14(9-13(12)11-18)19-8-4-5-15(19)20/h6-7,9H,4-5,8,10-11H2,1-3H3. The highest BCUT2D eigenvalue weighted by Crippen LogP contribution is 2.30. The third-order valence-electron chi connectivity index (χ3n) is 3.95. The maximum absolute atomic E-state index is 12.2. The molecular weight excluding hydrogens is 280 g/mol. The van der Waals surface area contributed by atoms with E-state index < -0.39 is 5.60 Å². The minimum atomic E-state index is -0.487. The molecule has 5 heteroatoms. The molecule has 1 aromatic rings. The zero-order valence-electron chi connectivity index (χ0n) is 13.4. The van der Waals surface area contributed by atoms with Gasteiger partial charge in [0.05, 0.1) is 0 Å². The van der Waals surface area contributed by atoms with E-state index in [1.807, 2.05) is 43.9 Å². The molecule has 0 aliphatic carbocycles. The minimum absolute atomic E-state index is 0.182. The molecule has 0 unspecified atom stereocenters. The number of nitrogens with zero attached hydrogens (tertiary/aromatic N) is 2. The molecule has 0 spiro atoms. The molecule has 0 radical (unpaired) electrons. The molecule has 22 heavy (non-hydrogen) atoms. The van der Waals surface area contributed by atoms with Gasteiger partial charge in [0.25, 0.3) is 0 Å². The van der Waals surface area contributed by atoms with Crippen LogP contribution in [0.25, 0.3) is 0 Å². The molecule has 2 heterocycles. The zero-order chi connectivity index (χ0) is 15.9. The summed E-state index contributed by atoms with van der Waals surface area (Å²) in [6.45, 7) is 7.49. The van der Waals surface area contributed by atoms with Gasteiger partial charge in [0.1, 0.15) is 5.60 Å². The summed E-state index contributed by atoms with van der Waals surface area (Å²) in [5.41, 5.74) is 2.68. The number of carbonyl (C=O) groups excluding carboxylic acids is 2. The van der Waals surface area contributed by atoms with Crippen LogP contribution in [0.15, 0.2) is 18.2 Å². The number of amides is 2. The molecule has 0 atom stereocenters. The quantitative estimate of drug-likeness (QED) is 0.801. The van der Waals surface area contributed by atoms with Gasteiger partial charge in [0.2, 0.25) is 5.91 Å². The number of fused-ring (bicyclic) bond motifs is 1. The van der Waals surface area contributed by atoms with Crippen LogP contribution in [-0.2, 0) is 22.6 Å². The lowest BCUT2D eigenvalue weighted by Crippen LogP contribution is -2.33. The van der Waals surface area contributed by atoms with E-state index in [4.69, 9.17) is 4.74 Å². The monoisotopic (exact) mass is 302 g/mol. The fraction of sp³-hybridized carbons (Fsp3) is 0.529. The molecule has 5 nitrogen and oxygen atoms in total. The van der Waals surface area contributed by atoms with Crippen LogP contribution in [0, 0.1) is 0 Å². The number of ether oxygens (including phenoxy) is 1. The lowest BCUT2D eigenvalue weighted by molar-refractivity contribution is -0.117. The SMILES string of the molecule is CC(C)(C)OC(=O)N1Cc2ccc(N3CCCC3=O)cc2C1. The average molecular weight is 302 g/mol. The van der Waals surface area contributed by atoms with E-state index in [1.165, 1.54) is 0 Å². The molecule has 1 saturated heterocycles. The van der Waals surface area contributed by atoms with E-state index in [-0.39, 0.29) is 12.0 Å². The molecule has 0 aromatic heterocycles. The lowest BCUT2D eigenvalue weighted by atomic mass is 10.1. The van der Waals surface area contributed by atoms with Gasteiger partial charge in [-0.15, -0.1) is 0 Å². The van der Waals surface area contributed by atoms with Gasteiger partial charge in [-0.3, -0.25) is 9.69 Å². The van der Waals surface area contributed by atoms with Crippen molar-refractivity contribution >= 4 is 17.7 Å². The highest BCUT2D eigenvalue weighted by molar-refractivity contribution is 5.95. The number of hydrogen-bond acceptors (Lipinski definition) is 3. The fourth-order valence-electron chi connectivity index (χ4n) is 2.93. The van der Waals surface area contributed by atoms with Gasteiger partial charge < -0.3 is 9.64 Å². The van der Waals surface area contributed by atoms with Crippen molar-refractivity contribution in [3.05, 3.63) is 29.3 Å². The molecule has 0 N–H and O–H groups in total. The van der Waals surface area contributed by atoms with Crippen molar-refractivity contribution in [2.45, 2.75) is 52.3 Å². The zero-order valence-corrected chi connectivity index (χ0v) is 13.4. The Kier molecular flexibility index (Phi) is 3.59. The maximum Gasteiger partial charge on any atom is 0.410 e. The van der Waals surface area contributed by atoms with Crippen molar-refractivity contribution in [3.63, 3.8) is 0 Å². The topological polar surface area (TPSA) is 49.9 Å². The van der Waals surface area contributed by atoms with E-state index in [1.54, 1.807) is 4.90 Å². The van der Waals surface area contributed by atoms with E-state index in [0.717, 1.165) is 29.8 Å². The molecule has 118 valence electrons. The van der Waals surface area contributed by atoms with Crippen molar-refractivity contribution in [2.24, 2.45) is 0 Å². The smallest absolute Gasteiger partial charge is 0.410 e. The van der Waals surface area contributed by atoms with Crippen molar-refractivity contribution < 1.29 is 14.3 Å². The van der Waals surface area contributed by atoms with Gasteiger partial charge in [0, 0.05) is 31.7 Å². The number of hydrogen-bond donors (Lipinski definition) is 0. The first kappa shape index (κ1) is 14.9. The molecular formula is C17H22N2O3. The van der Waals surface area contributed by atoms with Gasteiger partial charge in [0.15, 0.2) is 0 Å². The van der Waals surface area contributed by atoms with Crippen molar-refractivity contribution in [2.75, 3.05) is 11.4 Å².